The predicted octanol–water partition coefficient (Wildman–Crippen LogP) is 2.50. The van der Waals surface area contributed by atoms with Gasteiger partial charge in [0.05, 0.1) is 5.02 Å². The Kier molecular flexibility index (Phi) is 4.18. The molecule has 2 nitrogen and oxygen atoms in total. The fourth-order valence-electron chi connectivity index (χ4n) is 1.23. The van der Waals surface area contributed by atoms with E-state index < -0.39 is 5.54 Å². The van der Waals surface area contributed by atoms with E-state index >= 15 is 0 Å². The van der Waals surface area contributed by atoms with Crippen LogP contribution in [-0.2, 0) is 5.54 Å². The monoisotopic (exact) mass is 325 g/mol. The van der Waals surface area contributed by atoms with E-state index in [1.54, 1.807) is 0 Å². The molecule has 0 aliphatic rings. The zero-order valence-electron chi connectivity index (χ0n) is 7.93. The van der Waals surface area contributed by atoms with Crippen LogP contribution in [0, 0.1) is 3.57 Å². The number of hydrogen-bond donors (Lipinski definition) is 2. The van der Waals surface area contributed by atoms with Crippen LogP contribution in [0.5, 0.6) is 0 Å². The fraction of sp³-hybridized carbons (Fsp3) is 0.400. The van der Waals surface area contributed by atoms with Crippen molar-refractivity contribution in [2.75, 3.05) is 6.61 Å². The van der Waals surface area contributed by atoms with Crippen LogP contribution in [0.15, 0.2) is 18.2 Å². The van der Waals surface area contributed by atoms with Crippen molar-refractivity contribution in [2.45, 2.75) is 18.9 Å². The third-order valence-corrected chi connectivity index (χ3v) is 3.78. The summed E-state index contributed by atoms with van der Waals surface area (Å²) in [5.41, 5.74) is 6.49. The van der Waals surface area contributed by atoms with Crippen molar-refractivity contribution in [3.8, 4) is 0 Å². The molecule has 0 saturated heterocycles. The van der Waals surface area contributed by atoms with E-state index in [1.807, 2.05) is 25.1 Å². The molecule has 0 aliphatic heterocycles. The van der Waals surface area contributed by atoms with Gasteiger partial charge in [0.15, 0.2) is 0 Å². The van der Waals surface area contributed by atoms with Crippen molar-refractivity contribution < 1.29 is 5.11 Å². The van der Waals surface area contributed by atoms with Gasteiger partial charge in [-0.3, -0.25) is 0 Å². The lowest BCUT2D eigenvalue weighted by Crippen LogP contribution is -2.34. The van der Waals surface area contributed by atoms with Gasteiger partial charge in [0.1, 0.15) is 0 Å². The van der Waals surface area contributed by atoms with E-state index in [9.17, 15) is 0 Å². The molecule has 0 amide bonds. The van der Waals surface area contributed by atoms with Crippen LogP contribution in [0.25, 0.3) is 0 Å². The van der Waals surface area contributed by atoms with Gasteiger partial charge in [0, 0.05) is 15.7 Å². The Morgan fingerprint density at radius 1 is 1.57 bits per heavy atom. The molecule has 0 aliphatic carbocycles. The minimum Gasteiger partial charge on any atom is -0.396 e. The lowest BCUT2D eigenvalue weighted by molar-refractivity contribution is 0.247. The number of hydrogen-bond acceptors (Lipinski definition) is 2. The molecule has 4 heteroatoms. The van der Waals surface area contributed by atoms with Crippen molar-refractivity contribution >= 4 is 34.2 Å². The zero-order chi connectivity index (χ0) is 10.8. The molecule has 0 saturated carbocycles. The van der Waals surface area contributed by atoms with Gasteiger partial charge >= 0.3 is 0 Å². The Morgan fingerprint density at radius 2 is 2.21 bits per heavy atom. The van der Waals surface area contributed by atoms with E-state index in [0.29, 0.717) is 11.4 Å². The predicted molar refractivity (Wildman–Crippen MR) is 67.4 cm³/mol. The maximum atomic E-state index is 8.87. The van der Waals surface area contributed by atoms with Crippen molar-refractivity contribution in [1.29, 1.82) is 0 Å². The van der Waals surface area contributed by atoms with Crippen LogP contribution < -0.4 is 5.73 Å². The Balaban J connectivity index is 3.01. The van der Waals surface area contributed by atoms with Gasteiger partial charge in [-0.15, -0.1) is 0 Å². The molecule has 0 aromatic heterocycles. The molecule has 0 spiro atoms. The first-order valence-corrected chi connectivity index (χ1v) is 5.78. The molecule has 1 unspecified atom stereocenters. The van der Waals surface area contributed by atoms with Crippen LogP contribution in [0.3, 0.4) is 0 Å². The van der Waals surface area contributed by atoms with Gasteiger partial charge in [-0.2, -0.15) is 0 Å². The van der Waals surface area contributed by atoms with Crippen LogP contribution in [-0.4, -0.2) is 11.7 Å². The maximum Gasteiger partial charge on any atom is 0.0542 e. The standard InChI is InChI=1S/C10H13ClINO/c1-10(13,4-5-14)7-2-3-9(12)8(11)6-7/h2-3,6,14H,4-5,13H2,1H3. The summed E-state index contributed by atoms with van der Waals surface area (Å²) in [7, 11) is 0. The molecule has 3 N–H and O–H groups in total. The summed E-state index contributed by atoms with van der Waals surface area (Å²) in [5.74, 6) is 0. The van der Waals surface area contributed by atoms with Crippen molar-refractivity contribution in [2.24, 2.45) is 5.73 Å². The molecule has 0 bridgehead atoms. The summed E-state index contributed by atoms with van der Waals surface area (Å²) >= 11 is 8.16. The molecular formula is C10H13ClINO. The Morgan fingerprint density at radius 3 is 2.71 bits per heavy atom. The Bertz CT molecular complexity index is 328. The topological polar surface area (TPSA) is 46.2 Å². The summed E-state index contributed by atoms with van der Waals surface area (Å²) in [6.45, 7) is 1.97. The van der Waals surface area contributed by atoms with Crippen LogP contribution in [0.4, 0.5) is 0 Å². The van der Waals surface area contributed by atoms with Crippen molar-refractivity contribution in [3.05, 3.63) is 32.4 Å². The molecule has 1 aromatic rings. The van der Waals surface area contributed by atoms with Gasteiger partial charge in [-0.1, -0.05) is 17.7 Å². The SMILES string of the molecule is CC(N)(CCO)c1ccc(I)c(Cl)c1. The van der Waals surface area contributed by atoms with Gasteiger partial charge in [0.25, 0.3) is 0 Å². The average Bonchev–Trinajstić information content (AvgIpc) is 2.09. The minimum atomic E-state index is -0.511. The summed E-state index contributed by atoms with van der Waals surface area (Å²) < 4.78 is 1.01. The highest BCUT2D eigenvalue weighted by Gasteiger charge is 2.20. The molecular weight excluding hydrogens is 312 g/mol. The average molecular weight is 326 g/mol. The first-order valence-electron chi connectivity index (χ1n) is 4.32. The van der Waals surface area contributed by atoms with Crippen LogP contribution in [0.2, 0.25) is 5.02 Å². The summed E-state index contributed by atoms with van der Waals surface area (Å²) in [6.07, 6.45) is 0.532. The largest absolute Gasteiger partial charge is 0.396 e. The lowest BCUT2D eigenvalue weighted by atomic mass is 9.90. The molecule has 0 heterocycles. The Hall–Kier alpha value is 0.160. The number of benzene rings is 1. The maximum absolute atomic E-state index is 8.87. The van der Waals surface area contributed by atoms with Gasteiger partial charge in [-0.05, 0) is 53.6 Å². The second kappa shape index (κ2) is 4.79. The van der Waals surface area contributed by atoms with E-state index in [-0.39, 0.29) is 6.61 Å². The first-order chi connectivity index (χ1) is 6.47. The minimum absolute atomic E-state index is 0.0800. The molecule has 0 fully saturated rings. The summed E-state index contributed by atoms with van der Waals surface area (Å²) in [6, 6.07) is 5.74. The zero-order valence-corrected chi connectivity index (χ0v) is 10.8. The van der Waals surface area contributed by atoms with E-state index in [0.717, 1.165) is 9.13 Å². The van der Waals surface area contributed by atoms with Crippen molar-refractivity contribution in [1.82, 2.24) is 0 Å². The normalized spacial score (nSPS) is 15.2. The van der Waals surface area contributed by atoms with Gasteiger partial charge in [0.2, 0.25) is 0 Å². The second-order valence-electron chi connectivity index (χ2n) is 3.52. The molecule has 0 radical (unpaired) electrons. The molecule has 14 heavy (non-hydrogen) atoms. The molecule has 1 atom stereocenters. The number of rotatable bonds is 3. The smallest absolute Gasteiger partial charge is 0.0542 e. The third-order valence-electron chi connectivity index (χ3n) is 2.21. The Labute approximate surface area is 103 Å². The highest BCUT2D eigenvalue weighted by molar-refractivity contribution is 14.1. The fourth-order valence-corrected chi connectivity index (χ4v) is 1.74. The third kappa shape index (κ3) is 2.82. The second-order valence-corrected chi connectivity index (χ2v) is 5.09. The number of halogens is 2. The van der Waals surface area contributed by atoms with Crippen molar-refractivity contribution in [3.63, 3.8) is 0 Å². The van der Waals surface area contributed by atoms with E-state index in [4.69, 9.17) is 22.4 Å². The highest BCUT2D eigenvalue weighted by Crippen LogP contribution is 2.27. The molecule has 1 aromatic carbocycles. The molecule has 78 valence electrons. The number of aliphatic hydroxyl groups is 1. The first kappa shape index (κ1) is 12.2. The van der Waals surface area contributed by atoms with Crippen LogP contribution >= 0.6 is 34.2 Å². The quantitative estimate of drug-likeness (QED) is 0.839. The van der Waals surface area contributed by atoms with Crippen LogP contribution in [0.1, 0.15) is 18.9 Å². The highest BCUT2D eigenvalue weighted by atomic mass is 127. The lowest BCUT2D eigenvalue weighted by Gasteiger charge is -2.24. The summed E-state index contributed by atoms with van der Waals surface area (Å²) in [5, 5.41) is 9.58. The number of nitrogens with two attached hydrogens (primary N) is 1. The summed E-state index contributed by atoms with van der Waals surface area (Å²) in [4.78, 5) is 0. The van der Waals surface area contributed by atoms with E-state index in [2.05, 4.69) is 22.6 Å². The van der Waals surface area contributed by atoms with Gasteiger partial charge < -0.3 is 10.8 Å². The van der Waals surface area contributed by atoms with Gasteiger partial charge in [-0.25, -0.2) is 0 Å². The number of aliphatic hydroxyl groups excluding tert-OH is 1. The molecule has 1 rings (SSSR count). The van der Waals surface area contributed by atoms with E-state index in [1.165, 1.54) is 0 Å².